The van der Waals surface area contributed by atoms with Crippen LogP contribution < -0.4 is 5.32 Å². The second kappa shape index (κ2) is 7.35. The van der Waals surface area contributed by atoms with Gasteiger partial charge in [-0.15, -0.1) is 11.3 Å². The number of benzene rings is 1. The van der Waals surface area contributed by atoms with Crippen molar-refractivity contribution in [2.75, 3.05) is 11.9 Å². The highest BCUT2D eigenvalue weighted by atomic mass is 32.1. The molecule has 1 fully saturated rings. The van der Waals surface area contributed by atoms with E-state index in [-0.39, 0.29) is 11.8 Å². The van der Waals surface area contributed by atoms with E-state index in [9.17, 15) is 9.59 Å². The molecular weight excluding hydrogens is 334 g/mol. The number of amides is 2. The summed E-state index contributed by atoms with van der Waals surface area (Å²) >= 11 is 1.41. The third-order valence-corrected chi connectivity index (χ3v) is 5.26. The van der Waals surface area contributed by atoms with Gasteiger partial charge in [-0.05, 0) is 52.2 Å². The molecule has 1 aromatic carbocycles. The van der Waals surface area contributed by atoms with Crippen molar-refractivity contribution in [3.63, 3.8) is 0 Å². The van der Waals surface area contributed by atoms with Crippen LogP contribution in [0.15, 0.2) is 23.6 Å². The summed E-state index contributed by atoms with van der Waals surface area (Å²) in [4.78, 5) is 31.7. The summed E-state index contributed by atoms with van der Waals surface area (Å²) in [6.45, 7) is 6.47. The lowest BCUT2D eigenvalue weighted by atomic mass is 9.99. The number of rotatable bonds is 3. The van der Waals surface area contributed by atoms with Crippen molar-refractivity contribution in [3.8, 4) is 0 Å². The van der Waals surface area contributed by atoms with Gasteiger partial charge in [-0.3, -0.25) is 9.59 Å². The molecule has 1 aliphatic rings. The first-order valence-electron chi connectivity index (χ1n) is 8.56. The van der Waals surface area contributed by atoms with Gasteiger partial charge < -0.3 is 10.2 Å². The van der Waals surface area contributed by atoms with Crippen molar-refractivity contribution in [1.29, 1.82) is 0 Å². The van der Waals surface area contributed by atoms with Crippen LogP contribution in [0.25, 0.3) is 0 Å². The van der Waals surface area contributed by atoms with E-state index in [1.54, 1.807) is 4.90 Å². The lowest BCUT2D eigenvalue weighted by Gasteiger charge is -2.34. The van der Waals surface area contributed by atoms with Gasteiger partial charge in [-0.2, -0.15) is 0 Å². The van der Waals surface area contributed by atoms with Crippen LogP contribution in [-0.4, -0.2) is 34.3 Å². The van der Waals surface area contributed by atoms with Crippen LogP contribution >= 0.6 is 11.3 Å². The topological polar surface area (TPSA) is 62.3 Å². The Kier molecular flexibility index (Phi) is 5.18. The van der Waals surface area contributed by atoms with Crippen molar-refractivity contribution < 1.29 is 9.59 Å². The highest BCUT2D eigenvalue weighted by Crippen LogP contribution is 2.23. The van der Waals surface area contributed by atoms with Crippen LogP contribution in [-0.2, 0) is 4.79 Å². The Labute approximate surface area is 152 Å². The fraction of sp³-hybridized carbons (Fsp3) is 0.421. The molecule has 2 amide bonds. The van der Waals surface area contributed by atoms with Crippen LogP contribution in [0, 0.1) is 20.8 Å². The van der Waals surface area contributed by atoms with E-state index >= 15 is 0 Å². The van der Waals surface area contributed by atoms with Crippen molar-refractivity contribution in [1.82, 2.24) is 9.88 Å². The number of likely N-dealkylation sites (tertiary alicyclic amines) is 1. The monoisotopic (exact) mass is 357 g/mol. The molecule has 2 heterocycles. The Balaban J connectivity index is 1.80. The number of carbonyl (C=O) groups excluding carboxylic acids is 2. The average Bonchev–Trinajstić information content (AvgIpc) is 2.98. The maximum absolute atomic E-state index is 13.0. The predicted molar refractivity (Wildman–Crippen MR) is 100 cm³/mol. The Morgan fingerprint density at radius 2 is 1.88 bits per heavy atom. The molecule has 1 atom stereocenters. The molecule has 6 heteroatoms. The number of piperidine rings is 1. The molecule has 1 unspecified atom stereocenters. The third kappa shape index (κ3) is 4.07. The Morgan fingerprint density at radius 3 is 2.52 bits per heavy atom. The van der Waals surface area contributed by atoms with Gasteiger partial charge in [0.25, 0.3) is 5.91 Å². The zero-order chi connectivity index (χ0) is 18.0. The molecule has 5 nitrogen and oxygen atoms in total. The highest BCUT2D eigenvalue weighted by Gasteiger charge is 2.33. The molecule has 0 saturated carbocycles. The second-order valence-corrected chi connectivity index (χ2v) is 7.53. The van der Waals surface area contributed by atoms with Gasteiger partial charge in [0.1, 0.15) is 6.04 Å². The third-order valence-electron chi connectivity index (χ3n) is 4.38. The molecule has 1 saturated heterocycles. The smallest absolute Gasteiger partial charge is 0.254 e. The zero-order valence-corrected chi connectivity index (χ0v) is 15.7. The summed E-state index contributed by atoms with van der Waals surface area (Å²) < 4.78 is 0. The Morgan fingerprint density at radius 1 is 1.16 bits per heavy atom. The molecule has 1 aromatic heterocycles. The van der Waals surface area contributed by atoms with Gasteiger partial charge in [-0.25, -0.2) is 4.98 Å². The molecule has 1 N–H and O–H groups in total. The van der Waals surface area contributed by atoms with E-state index < -0.39 is 6.04 Å². The first-order valence-corrected chi connectivity index (χ1v) is 9.44. The first-order chi connectivity index (χ1) is 11.9. The molecule has 0 aliphatic carbocycles. The molecule has 2 aromatic rings. The fourth-order valence-electron chi connectivity index (χ4n) is 3.31. The maximum atomic E-state index is 13.0. The van der Waals surface area contributed by atoms with Crippen molar-refractivity contribution in [3.05, 3.63) is 46.0 Å². The molecule has 0 spiro atoms. The average molecular weight is 357 g/mol. The van der Waals surface area contributed by atoms with Gasteiger partial charge in [0.05, 0.1) is 5.69 Å². The number of thiazole rings is 1. The largest absolute Gasteiger partial charge is 0.327 e. The molecule has 25 heavy (non-hydrogen) atoms. The summed E-state index contributed by atoms with van der Waals surface area (Å²) in [5.74, 6) is -0.214. The quantitative estimate of drug-likeness (QED) is 0.911. The minimum atomic E-state index is -0.439. The highest BCUT2D eigenvalue weighted by molar-refractivity contribution is 7.13. The van der Waals surface area contributed by atoms with E-state index in [0.717, 1.165) is 29.7 Å². The van der Waals surface area contributed by atoms with Crippen LogP contribution in [0.4, 0.5) is 5.13 Å². The minimum absolute atomic E-state index is 0.0676. The SMILES string of the molecule is Cc1cc(C)cc(C(=O)N2CCCCC2C(=O)Nc2nc(C)cs2)c1. The Bertz CT molecular complexity index is 779. The number of hydrogen-bond donors (Lipinski definition) is 1. The van der Waals surface area contributed by atoms with Crippen molar-refractivity contribution in [2.24, 2.45) is 0 Å². The summed E-state index contributed by atoms with van der Waals surface area (Å²) in [5, 5.41) is 5.35. The van der Waals surface area contributed by atoms with E-state index in [0.29, 0.717) is 23.7 Å². The predicted octanol–water partition coefficient (Wildman–Crippen LogP) is 3.70. The number of nitrogens with one attached hydrogen (secondary N) is 1. The lowest BCUT2D eigenvalue weighted by Crippen LogP contribution is -2.50. The number of carbonyl (C=O) groups is 2. The van der Waals surface area contributed by atoms with Crippen LogP contribution in [0.2, 0.25) is 0 Å². The molecule has 132 valence electrons. The first kappa shape index (κ1) is 17.6. The number of aryl methyl sites for hydroxylation is 3. The fourth-order valence-corrected chi connectivity index (χ4v) is 4.00. The minimum Gasteiger partial charge on any atom is -0.327 e. The van der Waals surface area contributed by atoms with Crippen LogP contribution in [0.5, 0.6) is 0 Å². The molecular formula is C19H23N3O2S. The van der Waals surface area contributed by atoms with Gasteiger partial charge in [0, 0.05) is 17.5 Å². The standard InChI is InChI=1S/C19H23N3O2S/c1-12-8-13(2)10-15(9-12)18(24)22-7-5-4-6-16(22)17(23)21-19-20-14(3)11-25-19/h8-11,16H,4-7H2,1-3H3,(H,20,21,23). The second-order valence-electron chi connectivity index (χ2n) is 6.67. The van der Waals surface area contributed by atoms with Gasteiger partial charge in [0.2, 0.25) is 5.91 Å². The van der Waals surface area contributed by atoms with Crippen molar-refractivity contribution in [2.45, 2.75) is 46.1 Å². The van der Waals surface area contributed by atoms with Gasteiger partial charge >= 0.3 is 0 Å². The van der Waals surface area contributed by atoms with Crippen LogP contribution in [0.1, 0.15) is 46.4 Å². The zero-order valence-electron chi connectivity index (χ0n) is 14.8. The van der Waals surface area contributed by atoms with Gasteiger partial charge in [-0.1, -0.05) is 17.2 Å². The van der Waals surface area contributed by atoms with E-state index in [1.165, 1.54) is 11.3 Å². The normalized spacial score (nSPS) is 17.4. The number of anilines is 1. The molecule has 0 radical (unpaired) electrons. The van der Waals surface area contributed by atoms with Gasteiger partial charge in [0.15, 0.2) is 5.13 Å². The Hall–Kier alpha value is -2.21. The van der Waals surface area contributed by atoms with E-state index in [1.807, 2.05) is 44.4 Å². The molecule has 0 bridgehead atoms. The number of nitrogens with zero attached hydrogens (tertiary/aromatic N) is 2. The summed E-state index contributed by atoms with van der Waals surface area (Å²) in [5.41, 5.74) is 3.65. The molecule has 3 rings (SSSR count). The summed E-state index contributed by atoms with van der Waals surface area (Å²) in [7, 11) is 0. The number of hydrogen-bond acceptors (Lipinski definition) is 4. The summed E-state index contributed by atoms with van der Waals surface area (Å²) in [6, 6.07) is 5.39. The molecule has 1 aliphatic heterocycles. The number of aromatic nitrogens is 1. The van der Waals surface area contributed by atoms with Crippen LogP contribution in [0.3, 0.4) is 0 Å². The van der Waals surface area contributed by atoms with Crippen molar-refractivity contribution >= 4 is 28.3 Å². The summed E-state index contributed by atoms with van der Waals surface area (Å²) in [6.07, 6.45) is 2.56. The lowest BCUT2D eigenvalue weighted by molar-refractivity contribution is -0.121. The van der Waals surface area contributed by atoms with E-state index in [2.05, 4.69) is 10.3 Å². The van der Waals surface area contributed by atoms with E-state index in [4.69, 9.17) is 0 Å². The maximum Gasteiger partial charge on any atom is 0.254 e.